The third kappa shape index (κ3) is 5.75. The number of hydrogen-bond donors (Lipinski definition) is 2. The summed E-state index contributed by atoms with van der Waals surface area (Å²) in [7, 11) is 1.51. The number of ether oxygens (including phenoxy) is 2. The molecule has 1 aliphatic heterocycles. The fourth-order valence-corrected chi connectivity index (χ4v) is 3.28. The van der Waals surface area contributed by atoms with Crippen LogP contribution in [0, 0.1) is 0 Å². The number of unbranched alkanes of at least 4 members (excludes halogenated alkanes) is 1. The second-order valence-electron chi connectivity index (χ2n) is 7.32. The number of carbonyl (C=O) groups is 1. The summed E-state index contributed by atoms with van der Waals surface area (Å²) in [6.45, 7) is 3.20. The molecule has 0 unspecified atom stereocenters. The molecule has 0 spiro atoms. The first-order valence-corrected chi connectivity index (χ1v) is 10.6. The number of aromatic nitrogens is 7. The van der Waals surface area contributed by atoms with Crippen LogP contribution in [0.25, 0.3) is 22.8 Å². The first kappa shape index (κ1) is 22.5. The van der Waals surface area contributed by atoms with E-state index in [-0.39, 0.29) is 12.4 Å². The molecule has 0 atom stereocenters. The van der Waals surface area contributed by atoms with E-state index in [1.807, 2.05) is 6.20 Å². The van der Waals surface area contributed by atoms with Crippen molar-refractivity contribution in [1.29, 1.82) is 0 Å². The molecule has 3 aromatic heterocycles. The maximum absolute atomic E-state index is 11.1. The van der Waals surface area contributed by atoms with Crippen LogP contribution >= 0.6 is 0 Å². The molecule has 0 aliphatic carbocycles. The number of hydroxylamine groups is 1. The van der Waals surface area contributed by atoms with Crippen LogP contribution in [0.2, 0.25) is 0 Å². The molecule has 1 saturated heterocycles. The highest BCUT2D eigenvalue weighted by Gasteiger charge is 2.19. The second kappa shape index (κ2) is 10.7. The summed E-state index contributed by atoms with van der Waals surface area (Å²) in [5.74, 6) is 1.10. The van der Waals surface area contributed by atoms with Crippen LogP contribution in [-0.2, 0) is 16.1 Å². The number of methoxy groups -OCH3 is 1. The molecule has 4 rings (SSSR count). The molecule has 0 saturated carbocycles. The van der Waals surface area contributed by atoms with Gasteiger partial charge in [-0.15, -0.1) is 0 Å². The van der Waals surface area contributed by atoms with Crippen LogP contribution < -0.4 is 15.1 Å². The minimum atomic E-state index is -0.396. The third-order valence-electron chi connectivity index (χ3n) is 5.04. The fraction of sp³-hybridized carbons (Fsp3) is 0.450. The van der Waals surface area contributed by atoms with Gasteiger partial charge in [0.15, 0.2) is 11.6 Å². The van der Waals surface area contributed by atoms with Gasteiger partial charge in [0.1, 0.15) is 0 Å². The van der Waals surface area contributed by atoms with Crippen LogP contribution in [0.1, 0.15) is 19.3 Å². The maximum Gasteiger partial charge on any atom is 0.316 e. The van der Waals surface area contributed by atoms with Gasteiger partial charge in [-0.05, 0) is 12.8 Å². The van der Waals surface area contributed by atoms with Crippen molar-refractivity contribution in [3.63, 3.8) is 0 Å². The van der Waals surface area contributed by atoms with E-state index < -0.39 is 5.91 Å². The SMILES string of the molecule is COc1ncc(-c2nc(-c3cnn(CCCCC(=O)NO)c3)nc(N3CCOCC3)n2)cn1. The van der Waals surface area contributed by atoms with E-state index in [1.165, 1.54) is 7.11 Å². The molecule has 33 heavy (non-hydrogen) atoms. The zero-order valence-corrected chi connectivity index (χ0v) is 18.2. The topological polar surface area (TPSA) is 153 Å². The minimum Gasteiger partial charge on any atom is -0.467 e. The van der Waals surface area contributed by atoms with Gasteiger partial charge in [-0.2, -0.15) is 15.1 Å². The summed E-state index contributed by atoms with van der Waals surface area (Å²) in [5.41, 5.74) is 3.02. The molecule has 1 amide bonds. The fourth-order valence-electron chi connectivity index (χ4n) is 3.28. The van der Waals surface area contributed by atoms with E-state index in [9.17, 15) is 4.79 Å². The normalized spacial score (nSPS) is 13.7. The zero-order chi connectivity index (χ0) is 23.0. The van der Waals surface area contributed by atoms with Crippen molar-refractivity contribution in [2.45, 2.75) is 25.8 Å². The number of amides is 1. The van der Waals surface area contributed by atoms with E-state index in [4.69, 9.17) is 14.7 Å². The van der Waals surface area contributed by atoms with Crippen molar-refractivity contribution in [3.8, 4) is 28.8 Å². The Kier molecular flexibility index (Phi) is 7.32. The Bertz CT molecular complexity index is 1070. The first-order chi connectivity index (χ1) is 16.2. The highest BCUT2D eigenvalue weighted by atomic mass is 16.5. The van der Waals surface area contributed by atoms with Crippen LogP contribution in [0.4, 0.5) is 5.95 Å². The van der Waals surface area contributed by atoms with Crippen molar-refractivity contribution in [2.75, 3.05) is 38.3 Å². The molecule has 4 heterocycles. The number of anilines is 1. The monoisotopic (exact) mass is 455 g/mol. The third-order valence-corrected chi connectivity index (χ3v) is 5.04. The molecule has 174 valence electrons. The molecule has 0 bridgehead atoms. The van der Waals surface area contributed by atoms with Crippen molar-refractivity contribution in [2.24, 2.45) is 0 Å². The Balaban J connectivity index is 1.57. The molecule has 13 nitrogen and oxygen atoms in total. The zero-order valence-electron chi connectivity index (χ0n) is 18.2. The van der Waals surface area contributed by atoms with E-state index in [1.54, 1.807) is 28.8 Å². The predicted molar refractivity (Wildman–Crippen MR) is 115 cm³/mol. The summed E-state index contributed by atoms with van der Waals surface area (Å²) < 4.78 is 12.3. The number of rotatable bonds is 9. The van der Waals surface area contributed by atoms with Gasteiger partial charge in [-0.1, -0.05) is 0 Å². The van der Waals surface area contributed by atoms with Gasteiger partial charge < -0.3 is 14.4 Å². The number of morpholine rings is 1. The Morgan fingerprint density at radius 3 is 2.52 bits per heavy atom. The minimum absolute atomic E-state index is 0.258. The van der Waals surface area contributed by atoms with Gasteiger partial charge in [0, 0.05) is 44.6 Å². The van der Waals surface area contributed by atoms with Crippen molar-refractivity contribution < 1.29 is 19.5 Å². The predicted octanol–water partition coefficient (Wildman–Crippen LogP) is 0.713. The van der Waals surface area contributed by atoms with Gasteiger partial charge in [0.25, 0.3) is 0 Å². The van der Waals surface area contributed by atoms with Crippen LogP contribution in [-0.4, -0.2) is 79.2 Å². The Hall–Kier alpha value is -3.71. The molecule has 13 heteroatoms. The summed E-state index contributed by atoms with van der Waals surface area (Å²) in [6.07, 6.45) is 8.41. The smallest absolute Gasteiger partial charge is 0.316 e. The van der Waals surface area contributed by atoms with E-state index >= 15 is 0 Å². The van der Waals surface area contributed by atoms with Crippen molar-refractivity contribution in [1.82, 2.24) is 40.2 Å². The summed E-state index contributed by atoms with van der Waals surface area (Å²) in [4.78, 5) is 35.4. The first-order valence-electron chi connectivity index (χ1n) is 10.6. The molecule has 1 fully saturated rings. The van der Waals surface area contributed by atoms with Crippen LogP contribution in [0.15, 0.2) is 24.8 Å². The average Bonchev–Trinajstić information content (AvgIpc) is 3.36. The molecule has 0 aromatic carbocycles. The van der Waals surface area contributed by atoms with Crippen LogP contribution in [0.5, 0.6) is 6.01 Å². The quantitative estimate of drug-likeness (QED) is 0.266. The second-order valence-corrected chi connectivity index (χ2v) is 7.32. The lowest BCUT2D eigenvalue weighted by atomic mass is 10.2. The Morgan fingerprint density at radius 2 is 1.82 bits per heavy atom. The van der Waals surface area contributed by atoms with Gasteiger partial charge in [-0.3, -0.25) is 14.7 Å². The number of aryl methyl sites for hydroxylation is 1. The van der Waals surface area contributed by atoms with Crippen molar-refractivity contribution in [3.05, 3.63) is 24.8 Å². The summed E-state index contributed by atoms with van der Waals surface area (Å²) in [5, 5.41) is 13.0. The lowest BCUT2D eigenvalue weighted by molar-refractivity contribution is -0.129. The standard InChI is InChI=1S/C20H25N9O4/c1-32-20-21-10-14(11-22-20)17-24-18(26-19(25-17)28-6-8-33-9-7-28)15-12-23-29(13-15)5-3-2-4-16(30)27-31/h10-13,31H,2-9H2,1H3,(H,27,30). The van der Waals surface area contributed by atoms with E-state index in [2.05, 4.69) is 34.9 Å². The highest BCUT2D eigenvalue weighted by Crippen LogP contribution is 2.23. The van der Waals surface area contributed by atoms with Gasteiger partial charge >= 0.3 is 6.01 Å². The largest absolute Gasteiger partial charge is 0.467 e. The molecular weight excluding hydrogens is 430 g/mol. The molecule has 0 radical (unpaired) electrons. The van der Waals surface area contributed by atoms with E-state index in [0.29, 0.717) is 62.4 Å². The van der Waals surface area contributed by atoms with Crippen molar-refractivity contribution >= 4 is 11.9 Å². The van der Waals surface area contributed by atoms with Gasteiger partial charge in [0.05, 0.1) is 37.6 Å². The summed E-state index contributed by atoms with van der Waals surface area (Å²) in [6, 6.07) is 0.263. The number of nitrogens with zero attached hydrogens (tertiary/aromatic N) is 8. The van der Waals surface area contributed by atoms with Gasteiger partial charge in [0.2, 0.25) is 11.9 Å². The maximum atomic E-state index is 11.1. The van der Waals surface area contributed by atoms with Crippen LogP contribution in [0.3, 0.4) is 0 Å². The number of carbonyl (C=O) groups excluding carboxylic acids is 1. The average molecular weight is 455 g/mol. The Labute approximate surface area is 189 Å². The Morgan fingerprint density at radius 1 is 1.09 bits per heavy atom. The molecule has 1 aliphatic rings. The van der Waals surface area contributed by atoms with Gasteiger partial charge in [-0.25, -0.2) is 20.4 Å². The summed E-state index contributed by atoms with van der Waals surface area (Å²) >= 11 is 0. The lowest BCUT2D eigenvalue weighted by Crippen LogP contribution is -2.37. The lowest BCUT2D eigenvalue weighted by Gasteiger charge is -2.27. The molecule has 3 aromatic rings. The van der Waals surface area contributed by atoms with E-state index in [0.717, 1.165) is 12.0 Å². The molecular formula is C20H25N9O4. The highest BCUT2D eigenvalue weighted by molar-refractivity contribution is 5.74. The molecule has 2 N–H and O–H groups in total. The number of hydrogen-bond acceptors (Lipinski definition) is 11. The number of nitrogens with one attached hydrogen (secondary N) is 1.